The number of nitrogens with zero attached hydrogens (tertiary/aromatic N) is 1. The van der Waals surface area contributed by atoms with Crippen LogP contribution in [0.3, 0.4) is 0 Å². The maximum atomic E-state index is 6.62. The number of aliphatic imine (C=N–C) groups is 1. The van der Waals surface area contributed by atoms with E-state index in [-0.39, 0.29) is 5.16 Å². The van der Waals surface area contributed by atoms with Gasteiger partial charge in [0.2, 0.25) is 0 Å². The van der Waals surface area contributed by atoms with Gasteiger partial charge in [0.15, 0.2) is 0 Å². The van der Waals surface area contributed by atoms with Crippen LogP contribution in [0.25, 0.3) is 0 Å². The first-order valence-corrected chi connectivity index (χ1v) is 14.6. The number of para-hydroxylation sites is 1. The molecule has 0 amide bonds. The van der Waals surface area contributed by atoms with E-state index in [1.807, 2.05) is 18.2 Å². The van der Waals surface area contributed by atoms with Crippen molar-refractivity contribution >= 4 is 25.3 Å². The van der Waals surface area contributed by atoms with Crippen LogP contribution in [-0.2, 0) is 11.8 Å². The molecule has 1 unspecified atom stereocenters. The van der Waals surface area contributed by atoms with Gasteiger partial charge in [0, 0.05) is 22.0 Å². The number of rotatable bonds is 10. The molecule has 0 saturated heterocycles. The van der Waals surface area contributed by atoms with Crippen molar-refractivity contribution in [3.05, 3.63) is 124 Å². The fourth-order valence-corrected chi connectivity index (χ4v) is 7.07. The van der Waals surface area contributed by atoms with E-state index in [4.69, 9.17) is 9.73 Å². The Morgan fingerprint density at radius 3 is 2.11 bits per heavy atom. The van der Waals surface area contributed by atoms with Crippen LogP contribution in [0, 0.1) is 20.8 Å². The largest absolute Gasteiger partial charge is 0.488 e. The molecule has 0 aliphatic carbocycles. The van der Waals surface area contributed by atoms with E-state index in [0.717, 1.165) is 30.0 Å². The van der Waals surface area contributed by atoms with E-state index in [2.05, 4.69) is 114 Å². The van der Waals surface area contributed by atoms with E-state index < -0.39 is 0 Å². The van der Waals surface area contributed by atoms with Crippen LogP contribution < -0.4 is 10.0 Å². The van der Waals surface area contributed by atoms with Crippen molar-refractivity contribution < 1.29 is 4.74 Å². The molecule has 0 radical (unpaired) electrons. The fraction of sp³-hybridized carbons (Fsp3) is 0.286. The summed E-state index contributed by atoms with van der Waals surface area (Å²) in [5.74, 6) is 1.04. The molecule has 0 N–H and O–H groups in total. The Morgan fingerprint density at radius 2 is 1.45 bits per heavy atom. The number of hydrogen-bond donors (Lipinski definition) is 0. The Morgan fingerprint density at radius 1 is 0.789 bits per heavy atom. The number of aryl methyl sites for hydroxylation is 3. The monoisotopic (exact) mass is 521 g/mol. The normalized spacial score (nSPS) is 12.3. The van der Waals surface area contributed by atoms with Crippen molar-refractivity contribution in [3.8, 4) is 5.75 Å². The zero-order valence-corrected chi connectivity index (χ0v) is 24.6. The van der Waals surface area contributed by atoms with Crippen molar-refractivity contribution in [1.29, 1.82) is 0 Å². The van der Waals surface area contributed by atoms with E-state index in [9.17, 15) is 0 Å². The lowest BCUT2D eigenvalue weighted by molar-refractivity contribution is 0.296. The molecule has 4 aromatic rings. The Bertz CT molecular complexity index is 1390. The second kappa shape index (κ2) is 12.5. The minimum absolute atomic E-state index is 0.0311. The van der Waals surface area contributed by atoms with Gasteiger partial charge in [0.1, 0.15) is 12.4 Å². The highest BCUT2D eigenvalue weighted by atomic mass is 31.1. The number of ether oxygens (including phenoxy) is 1. The topological polar surface area (TPSA) is 21.6 Å². The van der Waals surface area contributed by atoms with Crippen molar-refractivity contribution in [2.75, 3.05) is 0 Å². The maximum absolute atomic E-state index is 6.62. The maximum Gasteiger partial charge on any atom is 0.126 e. The lowest BCUT2D eigenvalue weighted by Crippen LogP contribution is -2.26. The standard InChI is InChI=1S/C35H40NOP/c1-7-35(8-2,32-23-25(3)22-27(5)33(32)37-24-29-17-11-9-12-18-29)38-34-26(4)16-15-21-31(34)28(6)36-30-19-13-10-14-20-30/h9-23,38H,7-8,24H2,1-6H3/b36-28+. The molecule has 0 heterocycles. The fourth-order valence-electron chi connectivity index (χ4n) is 5.24. The summed E-state index contributed by atoms with van der Waals surface area (Å²) in [6, 6.07) is 32.0. The quantitative estimate of drug-likeness (QED) is 0.150. The average Bonchev–Trinajstić information content (AvgIpc) is 2.93. The molecule has 0 spiro atoms. The molecule has 3 heteroatoms. The molecule has 196 valence electrons. The molecule has 2 nitrogen and oxygen atoms in total. The van der Waals surface area contributed by atoms with Crippen molar-refractivity contribution in [2.24, 2.45) is 4.99 Å². The van der Waals surface area contributed by atoms with Crippen molar-refractivity contribution in [1.82, 2.24) is 0 Å². The zero-order chi connectivity index (χ0) is 27.1. The van der Waals surface area contributed by atoms with E-state index in [1.54, 1.807) is 0 Å². The predicted octanol–water partition coefficient (Wildman–Crippen LogP) is 9.35. The van der Waals surface area contributed by atoms with Crippen molar-refractivity contribution in [3.63, 3.8) is 0 Å². The highest BCUT2D eigenvalue weighted by Gasteiger charge is 2.34. The number of benzene rings is 4. The van der Waals surface area contributed by atoms with Gasteiger partial charge in [-0.1, -0.05) is 107 Å². The Hall–Kier alpha value is -3.22. The molecular weight excluding hydrogens is 481 g/mol. The minimum atomic E-state index is -0.0311. The van der Waals surface area contributed by atoms with Crippen LogP contribution in [0.1, 0.15) is 67.0 Å². The van der Waals surface area contributed by atoms with Crippen LogP contribution >= 0.6 is 8.58 Å². The first-order valence-electron chi connectivity index (χ1n) is 13.6. The molecule has 4 aromatic carbocycles. The minimum Gasteiger partial charge on any atom is -0.488 e. The Labute approximate surface area is 231 Å². The van der Waals surface area contributed by atoms with Gasteiger partial charge in [-0.25, -0.2) is 0 Å². The van der Waals surface area contributed by atoms with Gasteiger partial charge in [0.25, 0.3) is 0 Å². The summed E-state index contributed by atoms with van der Waals surface area (Å²) in [4.78, 5) is 4.99. The molecule has 0 fully saturated rings. The summed E-state index contributed by atoms with van der Waals surface area (Å²) in [7, 11) is 0.594. The van der Waals surface area contributed by atoms with Gasteiger partial charge >= 0.3 is 0 Å². The molecular formula is C35H40NOP. The van der Waals surface area contributed by atoms with Gasteiger partial charge in [-0.2, -0.15) is 0 Å². The van der Waals surface area contributed by atoms with Gasteiger partial charge < -0.3 is 4.74 Å². The summed E-state index contributed by atoms with van der Waals surface area (Å²) in [6.45, 7) is 14.0. The van der Waals surface area contributed by atoms with Crippen LogP contribution in [0.2, 0.25) is 0 Å². The van der Waals surface area contributed by atoms with Gasteiger partial charge in [-0.3, -0.25) is 4.99 Å². The van der Waals surface area contributed by atoms with E-state index >= 15 is 0 Å². The first kappa shape index (κ1) is 27.8. The van der Waals surface area contributed by atoms with Gasteiger partial charge in [0.05, 0.1) is 5.69 Å². The van der Waals surface area contributed by atoms with Crippen LogP contribution in [0.15, 0.2) is 96.0 Å². The molecule has 0 aliphatic heterocycles. The lowest BCUT2D eigenvalue weighted by atomic mass is 9.89. The van der Waals surface area contributed by atoms with Crippen LogP contribution in [-0.4, -0.2) is 5.71 Å². The molecule has 0 aromatic heterocycles. The average molecular weight is 522 g/mol. The highest BCUT2D eigenvalue weighted by Crippen LogP contribution is 2.52. The van der Waals surface area contributed by atoms with Crippen molar-refractivity contribution in [2.45, 2.75) is 66.1 Å². The third-order valence-electron chi connectivity index (χ3n) is 7.45. The molecule has 38 heavy (non-hydrogen) atoms. The molecule has 0 bridgehead atoms. The summed E-state index contributed by atoms with van der Waals surface area (Å²) < 4.78 is 6.62. The smallest absolute Gasteiger partial charge is 0.126 e. The third-order valence-corrected chi connectivity index (χ3v) is 9.82. The summed E-state index contributed by atoms with van der Waals surface area (Å²) in [5, 5.41) is 1.37. The molecule has 0 saturated carbocycles. The number of hydrogen-bond acceptors (Lipinski definition) is 2. The molecule has 0 aliphatic rings. The van der Waals surface area contributed by atoms with E-state index in [1.165, 1.54) is 38.7 Å². The second-order valence-corrected chi connectivity index (χ2v) is 11.9. The van der Waals surface area contributed by atoms with Crippen LogP contribution in [0.4, 0.5) is 5.69 Å². The summed E-state index contributed by atoms with van der Waals surface area (Å²) in [5.41, 5.74) is 9.63. The predicted molar refractivity (Wildman–Crippen MR) is 166 cm³/mol. The lowest BCUT2D eigenvalue weighted by Gasteiger charge is -2.36. The van der Waals surface area contributed by atoms with Gasteiger partial charge in [-0.15, -0.1) is 0 Å². The summed E-state index contributed by atoms with van der Waals surface area (Å²) in [6.07, 6.45) is 2.07. The molecule has 1 atom stereocenters. The zero-order valence-electron chi connectivity index (χ0n) is 23.6. The van der Waals surface area contributed by atoms with E-state index in [0.29, 0.717) is 15.2 Å². The third kappa shape index (κ3) is 6.25. The summed E-state index contributed by atoms with van der Waals surface area (Å²) >= 11 is 0. The van der Waals surface area contributed by atoms with Crippen LogP contribution in [0.5, 0.6) is 5.75 Å². The van der Waals surface area contributed by atoms with Gasteiger partial charge in [-0.05, 0) is 74.7 Å². The highest BCUT2D eigenvalue weighted by molar-refractivity contribution is 7.49. The SMILES string of the molecule is CCC(CC)(Pc1c(C)cccc1/C(C)=N/c1ccccc1)c1cc(C)cc(C)c1OCc1ccccc1. The molecule has 4 rings (SSSR count). The first-order chi connectivity index (χ1) is 18.4. The Balaban J connectivity index is 1.79. The Kier molecular flexibility index (Phi) is 9.18. The second-order valence-electron chi connectivity index (χ2n) is 10.2.